The number of amides is 1. The number of hydrogen-bond acceptors (Lipinski definition) is 3. The zero-order chi connectivity index (χ0) is 12.5. The number of carbonyl (C=O) groups is 1. The lowest BCUT2D eigenvalue weighted by Gasteiger charge is -2.15. The number of nitrogens with two attached hydrogens (primary N) is 1. The molecule has 0 radical (unpaired) electrons. The summed E-state index contributed by atoms with van der Waals surface area (Å²) in [7, 11) is 1.83. The fraction of sp³-hybridized carbons (Fsp3) is 0.667. The average Bonchev–Trinajstić information content (AvgIpc) is 2.81. The van der Waals surface area contributed by atoms with E-state index in [9.17, 15) is 4.79 Å². The van der Waals surface area contributed by atoms with Gasteiger partial charge in [0, 0.05) is 31.8 Å². The highest BCUT2D eigenvalue weighted by molar-refractivity contribution is 5.75. The van der Waals surface area contributed by atoms with E-state index in [2.05, 4.69) is 10.2 Å². The van der Waals surface area contributed by atoms with Gasteiger partial charge in [-0.1, -0.05) is 12.8 Å². The Morgan fingerprint density at radius 3 is 2.82 bits per heavy atom. The monoisotopic (exact) mass is 238 g/mol. The van der Waals surface area contributed by atoms with Gasteiger partial charge < -0.3 is 10.6 Å². The van der Waals surface area contributed by atoms with Crippen LogP contribution in [-0.2, 0) is 11.3 Å². The van der Waals surface area contributed by atoms with Crippen molar-refractivity contribution in [2.45, 2.75) is 38.6 Å². The number of hydrogen-bond donors (Lipinski definition) is 2. The van der Waals surface area contributed by atoms with E-state index in [-0.39, 0.29) is 5.91 Å². The molecule has 1 aromatic rings. The van der Waals surface area contributed by atoms with Crippen molar-refractivity contribution in [3.8, 4) is 0 Å². The summed E-state index contributed by atoms with van der Waals surface area (Å²) in [6, 6.07) is 0. The normalized spacial score (nSPS) is 10.5. The van der Waals surface area contributed by atoms with Crippen LogP contribution in [0.25, 0.3) is 0 Å². The summed E-state index contributed by atoms with van der Waals surface area (Å²) in [4.78, 5) is 13.5. The first kappa shape index (κ1) is 13.7. The fourth-order valence-corrected chi connectivity index (χ4v) is 1.69. The quantitative estimate of drug-likeness (QED) is 0.670. The third-order valence-corrected chi connectivity index (χ3v) is 2.75. The number of nitrogens with zero attached hydrogens (tertiary/aromatic N) is 2. The predicted octanol–water partition coefficient (Wildman–Crippen LogP) is 1.28. The lowest BCUT2D eigenvalue weighted by molar-refractivity contribution is -0.130. The molecule has 0 aliphatic carbocycles. The van der Waals surface area contributed by atoms with E-state index >= 15 is 0 Å². The van der Waals surface area contributed by atoms with Crippen molar-refractivity contribution in [3.63, 3.8) is 0 Å². The van der Waals surface area contributed by atoms with E-state index in [0.29, 0.717) is 13.0 Å². The molecule has 0 aliphatic heterocycles. The summed E-state index contributed by atoms with van der Waals surface area (Å²) in [5.41, 5.74) is 6.44. The first-order chi connectivity index (χ1) is 8.24. The molecular weight excluding hydrogens is 216 g/mol. The first-order valence-corrected chi connectivity index (χ1v) is 6.15. The average molecular weight is 238 g/mol. The first-order valence-electron chi connectivity index (χ1n) is 6.15. The Bertz CT molecular complexity index is 310. The molecule has 96 valence electrons. The van der Waals surface area contributed by atoms with Gasteiger partial charge in [0.25, 0.3) is 0 Å². The molecule has 0 bridgehead atoms. The SMILES string of the molecule is CN(Cc1cn[nH]c1)C(=O)CCCCCCN. The second-order valence-corrected chi connectivity index (χ2v) is 4.31. The van der Waals surface area contributed by atoms with Gasteiger partial charge in [0.1, 0.15) is 0 Å². The molecule has 0 aliphatic rings. The zero-order valence-electron chi connectivity index (χ0n) is 10.5. The van der Waals surface area contributed by atoms with E-state index in [1.807, 2.05) is 13.2 Å². The van der Waals surface area contributed by atoms with Crippen LogP contribution in [0.3, 0.4) is 0 Å². The van der Waals surface area contributed by atoms with Crippen LogP contribution < -0.4 is 5.73 Å². The Labute approximate surface area is 102 Å². The number of aromatic amines is 1. The summed E-state index contributed by atoms with van der Waals surface area (Å²) in [6.07, 6.45) is 8.39. The molecule has 0 atom stereocenters. The summed E-state index contributed by atoms with van der Waals surface area (Å²) < 4.78 is 0. The van der Waals surface area contributed by atoms with E-state index in [1.54, 1.807) is 11.1 Å². The molecule has 1 aromatic heterocycles. The molecule has 0 aromatic carbocycles. The Morgan fingerprint density at radius 1 is 1.41 bits per heavy atom. The third kappa shape index (κ3) is 5.49. The fourth-order valence-electron chi connectivity index (χ4n) is 1.69. The lowest BCUT2D eigenvalue weighted by Crippen LogP contribution is -2.25. The van der Waals surface area contributed by atoms with E-state index in [1.165, 1.54) is 0 Å². The van der Waals surface area contributed by atoms with Gasteiger partial charge in [-0.15, -0.1) is 0 Å². The highest BCUT2D eigenvalue weighted by Crippen LogP contribution is 2.06. The second kappa shape index (κ2) is 7.84. The van der Waals surface area contributed by atoms with Crippen LogP contribution in [0.15, 0.2) is 12.4 Å². The van der Waals surface area contributed by atoms with Crippen LogP contribution in [0.1, 0.15) is 37.7 Å². The maximum absolute atomic E-state index is 11.8. The van der Waals surface area contributed by atoms with Crippen molar-refractivity contribution in [2.75, 3.05) is 13.6 Å². The number of unbranched alkanes of at least 4 members (excludes halogenated alkanes) is 3. The van der Waals surface area contributed by atoms with Crippen LogP contribution in [-0.4, -0.2) is 34.6 Å². The maximum Gasteiger partial charge on any atom is 0.222 e. The van der Waals surface area contributed by atoms with E-state index in [0.717, 1.165) is 37.8 Å². The molecule has 0 saturated carbocycles. The Morgan fingerprint density at radius 2 is 2.18 bits per heavy atom. The number of nitrogens with one attached hydrogen (secondary N) is 1. The smallest absolute Gasteiger partial charge is 0.222 e. The molecule has 0 saturated heterocycles. The molecule has 1 amide bonds. The second-order valence-electron chi connectivity index (χ2n) is 4.31. The lowest BCUT2D eigenvalue weighted by atomic mass is 10.1. The van der Waals surface area contributed by atoms with Gasteiger partial charge in [0.15, 0.2) is 0 Å². The Kier molecular flexibility index (Phi) is 6.32. The Balaban J connectivity index is 2.14. The van der Waals surface area contributed by atoms with E-state index < -0.39 is 0 Å². The number of carbonyl (C=O) groups excluding carboxylic acids is 1. The Hall–Kier alpha value is -1.36. The van der Waals surface area contributed by atoms with Gasteiger partial charge in [0.2, 0.25) is 5.91 Å². The summed E-state index contributed by atoms with van der Waals surface area (Å²) >= 11 is 0. The topological polar surface area (TPSA) is 75.0 Å². The minimum Gasteiger partial charge on any atom is -0.341 e. The molecule has 5 heteroatoms. The number of H-pyrrole nitrogens is 1. The van der Waals surface area contributed by atoms with Crippen molar-refractivity contribution in [3.05, 3.63) is 18.0 Å². The zero-order valence-corrected chi connectivity index (χ0v) is 10.5. The molecule has 17 heavy (non-hydrogen) atoms. The van der Waals surface area contributed by atoms with Crippen molar-refractivity contribution in [1.29, 1.82) is 0 Å². The van der Waals surface area contributed by atoms with E-state index in [4.69, 9.17) is 5.73 Å². The standard InChI is InChI=1S/C12H22N4O/c1-16(10-11-8-14-15-9-11)12(17)6-4-2-3-5-7-13/h8-9H,2-7,10,13H2,1H3,(H,14,15). The van der Waals surface area contributed by atoms with Crippen molar-refractivity contribution >= 4 is 5.91 Å². The van der Waals surface area contributed by atoms with Gasteiger partial charge in [-0.3, -0.25) is 9.89 Å². The van der Waals surface area contributed by atoms with Gasteiger partial charge in [0.05, 0.1) is 6.20 Å². The number of rotatable bonds is 8. The highest BCUT2D eigenvalue weighted by atomic mass is 16.2. The molecular formula is C12H22N4O. The molecule has 1 rings (SSSR count). The summed E-state index contributed by atoms with van der Waals surface area (Å²) in [5.74, 6) is 0.193. The van der Waals surface area contributed by atoms with Crippen LogP contribution in [0, 0.1) is 0 Å². The highest BCUT2D eigenvalue weighted by Gasteiger charge is 2.08. The van der Waals surface area contributed by atoms with Crippen molar-refractivity contribution in [2.24, 2.45) is 5.73 Å². The van der Waals surface area contributed by atoms with Crippen LogP contribution in [0.5, 0.6) is 0 Å². The van der Waals surface area contributed by atoms with Gasteiger partial charge in [-0.2, -0.15) is 5.10 Å². The molecule has 0 fully saturated rings. The van der Waals surface area contributed by atoms with Gasteiger partial charge >= 0.3 is 0 Å². The number of aromatic nitrogens is 2. The molecule has 0 spiro atoms. The van der Waals surface area contributed by atoms with Gasteiger partial charge in [-0.05, 0) is 19.4 Å². The van der Waals surface area contributed by atoms with Crippen LogP contribution in [0.2, 0.25) is 0 Å². The molecule has 5 nitrogen and oxygen atoms in total. The van der Waals surface area contributed by atoms with Crippen molar-refractivity contribution < 1.29 is 4.79 Å². The summed E-state index contributed by atoms with van der Waals surface area (Å²) in [6.45, 7) is 1.37. The minimum atomic E-state index is 0.193. The third-order valence-electron chi connectivity index (χ3n) is 2.75. The maximum atomic E-state index is 11.8. The van der Waals surface area contributed by atoms with Crippen LogP contribution in [0.4, 0.5) is 0 Å². The minimum absolute atomic E-state index is 0.193. The molecule has 0 unspecified atom stereocenters. The largest absolute Gasteiger partial charge is 0.341 e. The molecule has 1 heterocycles. The predicted molar refractivity (Wildman–Crippen MR) is 67.2 cm³/mol. The molecule has 3 N–H and O–H groups in total. The van der Waals surface area contributed by atoms with Gasteiger partial charge in [-0.25, -0.2) is 0 Å². The van der Waals surface area contributed by atoms with Crippen molar-refractivity contribution in [1.82, 2.24) is 15.1 Å². The summed E-state index contributed by atoms with van der Waals surface area (Å²) in [5, 5.41) is 6.60. The van der Waals surface area contributed by atoms with Crippen LogP contribution >= 0.6 is 0 Å².